The number of hydrogen-bond acceptors (Lipinski definition) is 7. The van der Waals surface area contributed by atoms with E-state index in [-0.39, 0.29) is 5.82 Å². The zero-order valence-corrected chi connectivity index (χ0v) is 16.0. The zero-order valence-electron chi connectivity index (χ0n) is 15.2. The first-order valence-corrected chi connectivity index (χ1v) is 9.46. The molecule has 4 aromatic heterocycles. The number of hydrogen-bond donors (Lipinski definition) is 2. The second-order valence-corrected chi connectivity index (χ2v) is 7.76. The summed E-state index contributed by atoms with van der Waals surface area (Å²) in [7, 11) is 3.71. The van der Waals surface area contributed by atoms with Gasteiger partial charge in [0.25, 0.3) is 0 Å². The molecule has 1 atom stereocenters. The molecule has 0 saturated carbocycles. The molecular formula is C17H17FN8OS. The number of nitrogens with zero attached hydrogens (tertiary/aromatic N) is 7. The quantitative estimate of drug-likeness (QED) is 0.543. The molecule has 0 aliphatic carbocycles. The number of H-pyrrole nitrogens is 1. The summed E-state index contributed by atoms with van der Waals surface area (Å²) in [6.45, 7) is 0.397. The normalized spacial score (nSPS) is 16.3. The highest BCUT2D eigenvalue weighted by molar-refractivity contribution is 7.19. The Labute approximate surface area is 162 Å². The van der Waals surface area contributed by atoms with Gasteiger partial charge in [-0.3, -0.25) is 14.8 Å². The van der Waals surface area contributed by atoms with Crippen LogP contribution in [0.4, 0.5) is 4.39 Å². The van der Waals surface area contributed by atoms with E-state index in [9.17, 15) is 9.50 Å². The second-order valence-electron chi connectivity index (χ2n) is 6.67. The van der Waals surface area contributed by atoms with Crippen LogP contribution >= 0.6 is 11.3 Å². The number of hydrazone groups is 1. The number of halogens is 1. The Hall–Kier alpha value is -3.05. The number of aliphatic hydroxyl groups excluding tert-OH is 1. The molecule has 1 aliphatic rings. The summed E-state index contributed by atoms with van der Waals surface area (Å²) in [6.07, 6.45) is 4.23. The minimum Gasteiger partial charge on any atom is -0.367 e. The summed E-state index contributed by atoms with van der Waals surface area (Å²) in [6, 6.07) is 1.89. The first-order valence-electron chi connectivity index (χ1n) is 8.64. The van der Waals surface area contributed by atoms with E-state index in [2.05, 4.69) is 25.4 Å². The van der Waals surface area contributed by atoms with Crippen molar-refractivity contribution in [2.45, 2.75) is 19.2 Å². The molecule has 5 rings (SSSR count). The number of rotatable bonds is 4. The molecule has 0 radical (unpaired) electrons. The summed E-state index contributed by atoms with van der Waals surface area (Å²) >= 11 is 1.46. The molecule has 5 heterocycles. The van der Waals surface area contributed by atoms with Crippen LogP contribution in [0.3, 0.4) is 0 Å². The predicted molar refractivity (Wildman–Crippen MR) is 101 cm³/mol. The highest BCUT2D eigenvalue weighted by Gasteiger charge is 2.30. The van der Waals surface area contributed by atoms with Gasteiger partial charge in [-0.2, -0.15) is 15.3 Å². The first-order chi connectivity index (χ1) is 13.5. The highest BCUT2D eigenvalue weighted by atomic mass is 32.1. The third kappa shape index (κ3) is 2.62. The Morgan fingerprint density at radius 1 is 1.36 bits per heavy atom. The van der Waals surface area contributed by atoms with Crippen LogP contribution < -0.4 is 0 Å². The maximum absolute atomic E-state index is 13.7. The molecule has 0 aromatic carbocycles. The van der Waals surface area contributed by atoms with E-state index in [1.165, 1.54) is 17.5 Å². The molecule has 4 aromatic rings. The average molecular weight is 400 g/mol. The number of fused-ring (bicyclic) bond motifs is 3. The maximum atomic E-state index is 13.7. The molecule has 0 spiro atoms. The molecule has 2 N–H and O–H groups in total. The van der Waals surface area contributed by atoms with Crippen LogP contribution in [-0.4, -0.2) is 45.9 Å². The monoisotopic (exact) mass is 400 g/mol. The zero-order chi connectivity index (χ0) is 19.4. The molecule has 0 amide bonds. The van der Waals surface area contributed by atoms with Gasteiger partial charge in [-0.15, -0.1) is 11.3 Å². The van der Waals surface area contributed by atoms with E-state index in [4.69, 9.17) is 0 Å². The molecular weight excluding hydrogens is 383 g/mol. The van der Waals surface area contributed by atoms with E-state index in [0.29, 0.717) is 18.7 Å². The van der Waals surface area contributed by atoms with Gasteiger partial charge in [0.2, 0.25) is 0 Å². The molecule has 1 aliphatic heterocycles. The summed E-state index contributed by atoms with van der Waals surface area (Å²) in [5.41, 5.74) is 3.47. The number of aryl methyl sites for hydroxylation is 2. The van der Waals surface area contributed by atoms with Crippen LogP contribution in [0.2, 0.25) is 0 Å². The van der Waals surface area contributed by atoms with Gasteiger partial charge in [0.15, 0.2) is 17.7 Å². The molecule has 1 unspecified atom stereocenters. The van der Waals surface area contributed by atoms with Crippen LogP contribution in [0.1, 0.15) is 33.9 Å². The Balaban J connectivity index is 1.48. The molecule has 144 valence electrons. The number of aliphatic hydroxyl groups is 1. The standard InChI is InChI=1S/C17H17FN8OS/c1-24-4-3-9(23-24)8-26-17(27)14-10(6-20-26)15-16(25(14)2)21-13(28-15)5-12-11(18)7-19-22-12/h3-4,6-7,17,27H,5,8H2,1-2H3,(H,19,22). The number of thiazole rings is 1. The van der Waals surface area contributed by atoms with Gasteiger partial charge in [-0.25, -0.2) is 9.37 Å². The van der Waals surface area contributed by atoms with Crippen molar-refractivity contribution in [2.24, 2.45) is 19.2 Å². The van der Waals surface area contributed by atoms with Gasteiger partial charge in [-0.05, 0) is 6.07 Å². The van der Waals surface area contributed by atoms with Crippen molar-refractivity contribution in [1.29, 1.82) is 0 Å². The van der Waals surface area contributed by atoms with Crippen molar-refractivity contribution in [3.05, 3.63) is 51.9 Å². The van der Waals surface area contributed by atoms with E-state index < -0.39 is 6.23 Å². The number of aromatic amines is 1. The van der Waals surface area contributed by atoms with Crippen molar-refractivity contribution in [3.8, 4) is 0 Å². The van der Waals surface area contributed by atoms with Crippen molar-refractivity contribution >= 4 is 27.9 Å². The van der Waals surface area contributed by atoms with Crippen LogP contribution in [0.25, 0.3) is 10.3 Å². The minimum atomic E-state index is -0.902. The van der Waals surface area contributed by atoms with Crippen LogP contribution in [0.5, 0.6) is 0 Å². The van der Waals surface area contributed by atoms with E-state index in [0.717, 1.165) is 32.3 Å². The predicted octanol–water partition coefficient (Wildman–Crippen LogP) is 1.66. The smallest absolute Gasteiger partial charge is 0.184 e. The second kappa shape index (κ2) is 6.24. The van der Waals surface area contributed by atoms with Gasteiger partial charge in [0, 0.05) is 32.3 Å². The lowest BCUT2D eigenvalue weighted by atomic mass is 10.2. The van der Waals surface area contributed by atoms with E-state index >= 15 is 0 Å². The molecule has 28 heavy (non-hydrogen) atoms. The van der Waals surface area contributed by atoms with Gasteiger partial charge in [-0.1, -0.05) is 0 Å². The van der Waals surface area contributed by atoms with E-state index in [1.807, 2.05) is 30.9 Å². The van der Waals surface area contributed by atoms with Crippen LogP contribution in [0, 0.1) is 5.82 Å². The Morgan fingerprint density at radius 2 is 2.21 bits per heavy atom. The Morgan fingerprint density at radius 3 is 2.93 bits per heavy atom. The highest BCUT2D eigenvalue weighted by Crippen LogP contribution is 2.37. The largest absolute Gasteiger partial charge is 0.367 e. The Bertz CT molecular complexity index is 1200. The van der Waals surface area contributed by atoms with Gasteiger partial charge >= 0.3 is 0 Å². The number of nitrogens with one attached hydrogen (secondary N) is 1. The third-order valence-corrected chi connectivity index (χ3v) is 5.87. The maximum Gasteiger partial charge on any atom is 0.184 e. The van der Waals surface area contributed by atoms with E-state index in [1.54, 1.807) is 15.9 Å². The summed E-state index contributed by atoms with van der Waals surface area (Å²) in [4.78, 5) is 4.63. The van der Waals surface area contributed by atoms with Crippen molar-refractivity contribution in [1.82, 2.24) is 34.5 Å². The fourth-order valence-corrected chi connectivity index (χ4v) is 4.55. The van der Waals surface area contributed by atoms with Crippen molar-refractivity contribution < 1.29 is 9.50 Å². The lowest BCUT2D eigenvalue weighted by Crippen LogP contribution is -2.29. The molecule has 9 nitrogen and oxygen atoms in total. The molecule has 0 saturated heterocycles. The van der Waals surface area contributed by atoms with Crippen LogP contribution in [-0.2, 0) is 27.1 Å². The fourth-order valence-electron chi connectivity index (χ4n) is 3.43. The summed E-state index contributed by atoms with van der Waals surface area (Å²) in [5.74, 6) is -0.372. The lowest BCUT2D eigenvalue weighted by Gasteiger charge is -2.28. The molecule has 0 bridgehead atoms. The lowest BCUT2D eigenvalue weighted by molar-refractivity contribution is -0.0108. The van der Waals surface area contributed by atoms with Gasteiger partial charge in [0.1, 0.15) is 10.7 Å². The molecule has 0 fully saturated rings. The fraction of sp³-hybridized carbons (Fsp3) is 0.294. The summed E-state index contributed by atoms with van der Waals surface area (Å²) in [5, 5.41) is 28.4. The van der Waals surface area contributed by atoms with Crippen molar-refractivity contribution in [3.63, 3.8) is 0 Å². The van der Waals surface area contributed by atoms with Crippen LogP contribution in [0.15, 0.2) is 23.6 Å². The SMILES string of the molecule is Cn1ccc(CN2N=Cc3c(n(C)c4nc(Cc5n[nH]cc5F)sc34)C2O)n1. The average Bonchev–Trinajstić information content (AvgIpc) is 3.41. The van der Waals surface area contributed by atoms with Gasteiger partial charge in [0.05, 0.1) is 35.0 Å². The molecule has 11 heteroatoms. The van der Waals surface area contributed by atoms with Crippen molar-refractivity contribution in [2.75, 3.05) is 0 Å². The summed E-state index contributed by atoms with van der Waals surface area (Å²) < 4.78 is 18.2. The number of aromatic nitrogens is 6. The minimum absolute atomic E-state index is 0.314. The third-order valence-electron chi connectivity index (χ3n) is 4.79. The first kappa shape index (κ1) is 17.1. The Kier molecular flexibility index (Phi) is 3.81. The van der Waals surface area contributed by atoms with Gasteiger partial charge < -0.3 is 9.67 Å². The topological polar surface area (TPSA) is 100 Å².